The number of carbonyl (C=O) groups is 1. The quantitative estimate of drug-likeness (QED) is 0.525. The van der Waals surface area contributed by atoms with Crippen molar-refractivity contribution in [3.8, 4) is 11.5 Å². The molecule has 1 amide bonds. The number of nitrogens with one attached hydrogen (secondary N) is 1. The normalized spacial score (nSPS) is 11.4. The van der Waals surface area contributed by atoms with Gasteiger partial charge < -0.3 is 14.9 Å². The maximum absolute atomic E-state index is 11.9. The minimum absolute atomic E-state index is 0.182. The Hall–Kier alpha value is -3.21. The summed E-state index contributed by atoms with van der Waals surface area (Å²) in [4.78, 5) is 11.9. The van der Waals surface area contributed by atoms with Crippen LogP contribution in [0.5, 0.6) is 11.5 Å². The molecule has 0 aliphatic rings. The van der Waals surface area contributed by atoms with Crippen molar-refractivity contribution in [2.75, 3.05) is 5.32 Å². The fraction of sp³-hybridized carbons (Fsp3) is 0.261. The van der Waals surface area contributed by atoms with Gasteiger partial charge in [0, 0.05) is 28.4 Å². The van der Waals surface area contributed by atoms with Gasteiger partial charge in [0.2, 0.25) is 0 Å². The first-order valence-electron chi connectivity index (χ1n) is 9.17. The molecule has 3 N–H and O–H groups in total. The van der Waals surface area contributed by atoms with Gasteiger partial charge in [0.1, 0.15) is 17.1 Å². The Kier molecular flexibility index (Phi) is 5.18. The molecule has 3 aromatic rings. The Bertz CT molecular complexity index is 1020. The van der Waals surface area contributed by atoms with Gasteiger partial charge in [0.25, 0.3) is 0 Å². The van der Waals surface area contributed by atoms with Crippen molar-refractivity contribution in [2.45, 2.75) is 39.7 Å². The summed E-state index contributed by atoms with van der Waals surface area (Å²) in [6.45, 7) is 7.23. The van der Waals surface area contributed by atoms with E-state index < -0.39 is 11.7 Å². The lowest BCUT2D eigenvalue weighted by Gasteiger charge is -2.19. The van der Waals surface area contributed by atoms with E-state index in [1.54, 1.807) is 31.2 Å². The zero-order chi connectivity index (χ0) is 20.5. The van der Waals surface area contributed by atoms with E-state index >= 15 is 0 Å². The van der Waals surface area contributed by atoms with Crippen molar-refractivity contribution in [2.24, 2.45) is 0 Å². The predicted octanol–water partition coefficient (Wildman–Crippen LogP) is 5.50. The van der Waals surface area contributed by atoms with Crippen LogP contribution in [-0.2, 0) is 11.2 Å². The molecule has 28 heavy (non-hydrogen) atoms. The van der Waals surface area contributed by atoms with E-state index in [0.717, 1.165) is 5.56 Å². The Labute approximate surface area is 164 Å². The second-order valence-electron chi connectivity index (χ2n) is 7.85. The highest BCUT2D eigenvalue weighted by molar-refractivity contribution is 5.95. The van der Waals surface area contributed by atoms with Gasteiger partial charge in [-0.25, -0.2) is 4.79 Å². The van der Waals surface area contributed by atoms with Gasteiger partial charge in [-0.1, -0.05) is 36.4 Å². The molecule has 3 rings (SSSR count). The molecule has 0 unspecified atom stereocenters. The first-order valence-corrected chi connectivity index (χ1v) is 9.17. The van der Waals surface area contributed by atoms with Crippen LogP contribution in [0.1, 0.15) is 37.5 Å². The molecule has 3 aromatic carbocycles. The van der Waals surface area contributed by atoms with E-state index in [-0.39, 0.29) is 11.5 Å². The highest BCUT2D eigenvalue weighted by Gasteiger charge is 2.17. The van der Waals surface area contributed by atoms with E-state index in [9.17, 15) is 15.0 Å². The molecule has 146 valence electrons. The number of aromatic hydroxyl groups is 2. The first kappa shape index (κ1) is 19.5. The summed E-state index contributed by atoms with van der Waals surface area (Å²) in [5.41, 5.74) is 2.36. The summed E-state index contributed by atoms with van der Waals surface area (Å²) in [5, 5.41) is 25.2. The van der Waals surface area contributed by atoms with Crippen LogP contribution in [0, 0.1) is 6.92 Å². The van der Waals surface area contributed by atoms with Crippen LogP contribution in [0.3, 0.4) is 0 Å². The van der Waals surface area contributed by atoms with Crippen molar-refractivity contribution in [1.82, 2.24) is 0 Å². The Morgan fingerprint density at radius 3 is 2.11 bits per heavy atom. The maximum Gasteiger partial charge on any atom is 0.412 e. The third kappa shape index (κ3) is 4.19. The van der Waals surface area contributed by atoms with E-state index in [0.29, 0.717) is 34.0 Å². The molecule has 0 bridgehead atoms. The third-order valence-electron chi connectivity index (χ3n) is 4.51. The minimum Gasteiger partial charge on any atom is -0.507 e. The van der Waals surface area contributed by atoms with E-state index in [2.05, 4.69) is 5.32 Å². The Morgan fingerprint density at radius 2 is 1.54 bits per heavy atom. The highest BCUT2D eigenvalue weighted by Crippen LogP contribution is 2.40. The number of anilines is 1. The van der Waals surface area contributed by atoms with Crippen LogP contribution in [0.15, 0.2) is 48.5 Å². The summed E-state index contributed by atoms with van der Waals surface area (Å²) >= 11 is 0. The van der Waals surface area contributed by atoms with Gasteiger partial charge in [0.15, 0.2) is 0 Å². The molecule has 0 fully saturated rings. The van der Waals surface area contributed by atoms with Gasteiger partial charge in [0.05, 0.1) is 0 Å². The number of amides is 1. The molecule has 0 aromatic heterocycles. The number of carbonyl (C=O) groups excluding carboxylic acids is 1. The van der Waals surface area contributed by atoms with Gasteiger partial charge in [-0.2, -0.15) is 0 Å². The van der Waals surface area contributed by atoms with Gasteiger partial charge >= 0.3 is 6.09 Å². The molecule has 5 nitrogen and oxygen atoms in total. The van der Waals surface area contributed by atoms with Crippen molar-refractivity contribution in [1.29, 1.82) is 0 Å². The van der Waals surface area contributed by atoms with Crippen LogP contribution in [0.25, 0.3) is 10.8 Å². The number of phenolic OH excluding ortho intramolecular Hbond substituents is 2. The standard InChI is InChI=1S/C23H25NO4/c1-14-19(21(26)18-8-6-5-7-17(18)20(14)25)13-15-9-11-16(12-10-15)24-22(27)28-23(2,3)4/h5-12,25-26H,13H2,1-4H3,(H,24,27). The van der Waals surface area contributed by atoms with Gasteiger partial charge in [-0.3, -0.25) is 5.32 Å². The number of fused-ring (bicyclic) bond motifs is 1. The van der Waals surface area contributed by atoms with Crippen LogP contribution in [-0.4, -0.2) is 21.9 Å². The number of phenols is 2. The highest BCUT2D eigenvalue weighted by atomic mass is 16.6. The Balaban J connectivity index is 1.82. The third-order valence-corrected chi connectivity index (χ3v) is 4.51. The molecule has 0 aliphatic carbocycles. The number of hydrogen-bond donors (Lipinski definition) is 3. The van der Waals surface area contributed by atoms with Crippen molar-refractivity contribution in [3.63, 3.8) is 0 Å². The summed E-state index contributed by atoms with van der Waals surface area (Å²) in [6.07, 6.45) is -0.0452. The monoisotopic (exact) mass is 379 g/mol. The largest absolute Gasteiger partial charge is 0.507 e. The molecule has 0 radical (unpaired) electrons. The van der Waals surface area contributed by atoms with Crippen molar-refractivity contribution >= 4 is 22.6 Å². The zero-order valence-corrected chi connectivity index (χ0v) is 16.5. The minimum atomic E-state index is -0.558. The average molecular weight is 379 g/mol. The first-order chi connectivity index (χ1) is 13.2. The van der Waals surface area contributed by atoms with Gasteiger partial charge in [-0.05, 0) is 51.0 Å². The summed E-state index contributed by atoms with van der Waals surface area (Å²) < 4.78 is 5.24. The average Bonchev–Trinajstić information content (AvgIpc) is 2.63. The SMILES string of the molecule is Cc1c(Cc2ccc(NC(=O)OC(C)(C)C)cc2)c(O)c2ccccc2c1O. The lowest BCUT2D eigenvalue weighted by Crippen LogP contribution is -2.27. The Morgan fingerprint density at radius 1 is 0.964 bits per heavy atom. The second-order valence-corrected chi connectivity index (χ2v) is 7.85. The molecule has 0 heterocycles. The molecule has 5 heteroatoms. The van der Waals surface area contributed by atoms with Crippen LogP contribution < -0.4 is 5.32 Å². The summed E-state index contributed by atoms with van der Waals surface area (Å²) in [7, 11) is 0. The summed E-state index contributed by atoms with van der Waals surface area (Å²) in [6, 6.07) is 14.6. The smallest absolute Gasteiger partial charge is 0.412 e. The van der Waals surface area contributed by atoms with Gasteiger partial charge in [-0.15, -0.1) is 0 Å². The molecular formula is C23H25NO4. The number of hydrogen-bond acceptors (Lipinski definition) is 4. The second kappa shape index (κ2) is 7.43. The molecule has 0 saturated heterocycles. The molecular weight excluding hydrogens is 354 g/mol. The fourth-order valence-corrected chi connectivity index (χ4v) is 3.13. The van der Waals surface area contributed by atoms with Crippen LogP contribution in [0.4, 0.5) is 10.5 Å². The molecule has 0 atom stereocenters. The van der Waals surface area contributed by atoms with Crippen molar-refractivity contribution < 1.29 is 19.7 Å². The maximum atomic E-state index is 11.9. The zero-order valence-electron chi connectivity index (χ0n) is 16.5. The van der Waals surface area contributed by atoms with Crippen molar-refractivity contribution in [3.05, 3.63) is 65.2 Å². The number of ether oxygens (including phenoxy) is 1. The molecule has 0 aliphatic heterocycles. The van der Waals surface area contributed by atoms with E-state index in [4.69, 9.17) is 4.74 Å². The van der Waals surface area contributed by atoms with Crippen LogP contribution in [0.2, 0.25) is 0 Å². The molecule has 0 saturated carbocycles. The van der Waals surface area contributed by atoms with E-state index in [1.165, 1.54) is 0 Å². The molecule has 0 spiro atoms. The lowest BCUT2D eigenvalue weighted by molar-refractivity contribution is 0.0636. The van der Waals surface area contributed by atoms with E-state index in [1.807, 2.05) is 45.0 Å². The fourth-order valence-electron chi connectivity index (χ4n) is 3.13. The summed E-state index contributed by atoms with van der Waals surface area (Å²) in [5.74, 6) is 0.369. The van der Waals surface area contributed by atoms with Crippen LogP contribution >= 0.6 is 0 Å². The number of rotatable bonds is 3. The topological polar surface area (TPSA) is 78.8 Å². The lowest BCUT2D eigenvalue weighted by atomic mass is 9.94. The number of benzene rings is 3. The predicted molar refractivity (Wildman–Crippen MR) is 111 cm³/mol.